The fraction of sp³-hybridized carbons (Fsp3) is 0.0714. The first-order valence-corrected chi connectivity index (χ1v) is 6.81. The number of aromatic amines is 1. The Balaban J connectivity index is 2.00. The van der Waals surface area contributed by atoms with E-state index >= 15 is 0 Å². The van der Waals surface area contributed by atoms with E-state index in [1.165, 1.54) is 11.3 Å². The van der Waals surface area contributed by atoms with E-state index in [1.807, 2.05) is 17.5 Å². The molecule has 0 aliphatic carbocycles. The quantitative estimate of drug-likeness (QED) is 0.803. The van der Waals surface area contributed by atoms with Crippen LogP contribution in [0.15, 0.2) is 46.6 Å². The molecule has 0 aliphatic heterocycles. The van der Waals surface area contributed by atoms with E-state index in [0.717, 1.165) is 10.6 Å². The Morgan fingerprint density at radius 1 is 1.15 bits per heavy atom. The molecule has 2 aromatic heterocycles. The zero-order valence-corrected chi connectivity index (χ0v) is 11.5. The monoisotopic (exact) mass is 285 g/mol. The van der Waals surface area contributed by atoms with Gasteiger partial charge in [0.05, 0.1) is 12.0 Å². The van der Waals surface area contributed by atoms with Gasteiger partial charge in [-0.05, 0) is 35.7 Å². The molecule has 0 amide bonds. The number of hydrogen-bond acceptors (Lipinski definition) is 5. The van der Waals surface area contributed by atoms with E-state index in [2.05, 4.69) is 15.2 Å². The van der Waals surface area contributed by atoms with Crippen LogP contribution in [0.4, 0.5) is 0 Å². The number of hydrogen-bond donors (Lipinski definition) is 1. The number of rotatable bonds is 3. The molecule has 0 fully saturated rings. The van der Waals surface area contributed by atoms with Crippen molar-refractivity contribution >= 4 is 11.3 Å². The predicted octanol–water partition coefficient (Wildman–Crippen LogP) is 2.57. The molecule has 0 bridgehead atoms. The van der Waals surface area contributed by atoms with Crippen LogP contribution in [0.25, 0.3) is 22.0 Å². The Kier molecular flexibility index (Phi) is 3.30. The Labute approximate surface area is 118 Å². The Morgan fingerprint density at radius 2 is 1.95 bits per heavy atom. The number of nitrogens with zero attached hydrogens (tertiary/aromatic N) is 2. The first-order valence-electron chi connectivity index (χ1n) is 5.93. The second kappa shape index (κ2) is 5.26. The van der Waals surface area contributed by atoms with E-state index in [1.54, 1.807) is 31.4 Å². The maximum Gasteiger partial charge on any atom is 0.278 e. The molecule has 0 atom stereocenters. The molecule has 0 radical (unpaired) electrons. The third kappa shape index (κ3) is 2.33. The Morgan fingerprint density at radius 3 is 2.55 bits per heavy atom. The van der Waals surface area contributed by atoms with Crippen molar-refractivity contribution < 1.29 is 4.74 Å². The summed E-state index contributed by atoms with van der Waals surface area (Å²) < 4.78 is 5.08. The minimum atomic E-state index is -0.256. The van der Waals surface area contributed by atoms with Crippen molar-refractivity contribution in [3.8, 4) is 27.7 Å². The second-order valence-electron chi connectivity index (χ2n) is 4.06. The van der Waals surface area contributed by atoms with Crippen LogP contribution in [0, 0.1) is 0 Å². The minimum Gasteiger partial charge on any atom is -0.497 e. The summed E-state index contributed by atoms with van der Waals surface area (Å²) in [5, 5.41) is 10.0. The van der Waals surface area contributed by atoms with Gasteiger partial charge < -0.3 is 9.72 Å². The van der Waals surface area contributed by atoms with Crippen LogP contribution in [0.2, 0.25) is 0 Å². The van der Waals surface area contributed by atoms with Crippen LogP contribution in [0.3, 0.4) is 0 Å². The summed E-state index contributed by atoms with van der Waals surface area (Å²) in [6.45, 7) is 0. The van der Waals surface area contributed by atoms with Gasteiger partial charge in [0.25, 0.3) is 5.56 Å². The lowest BCUT2D eigenvalue weighted by atomic mass is 10.1. The molecule has 20 heavy (non-hydrogen) atoms. The number of thiophene rings is 1. The van der Waals surface area contributed by atoms with Gasteiger partial charge in [0.1, 0.15) is 5.75 Å². The number of aromatic nitrogens is 3. The normalized spacial score (nSPS) is 10.4. The van der Waals surface area contributed by atoms with Crippen molar-refractivity contribution in [2.24, 2.45) is 0 Å². The molecule has 1 N–H and O–H groups in total. The van der Waals surface area contributed by atoms with Gasteiger partial charge in [-0.25, -0.2) is 0 Å². The van der Waals surface area contributed by atoms with Crippen molar-refractivity contribution in [1.82, 2.24) is 15.2 Å². The minimum absolute atomic E-state index is 0.256. The first-order chi connectivity index (χ1) is 9.78. The fourth-order valence-corrected chi connectivity index (χ4v) is 2.46. The molecular weight excluding hydrogens is 274 g/mol. The summed E-state index contributed by atoms with van der Waals surface area (Å²) in [4.78, 5) is 15.7. The molecule has 2 heterocycles. The maximum absolute atomic E-state index is 12.1. The average Bonchev–Trinajstić information content (AvgIpc) is 3.01. The summed E-state index contributed by atoms with van der Waals surface area (Å²) in [6.07, 6.45) is 0. The molecule has 1 aromatic carbocycles. The Hall–Kier alpha value is -2.47. The van der Waals surface area contributed by atoms with Crippen LogP contribution in [0.5, 0.6) is 5.75 Å². The molecule has 0 saturated heterocycles. The summed E-state index contributed by atoms with van der Waals surface area (Å²) in [5.74, 6) is 1.22. The van der Waals surface area contributed by atoms with Crippen LogP contribution < -0.4 is 10.3 Å². The highest BCUT2D eigenvalue weighted by molar-refractivity contribution is 7.13. The number of H-pyrrole nitrogens is 1. The summed E-state index contributed by atoms with van der Waals surface area (Å²) in [7, 11) is 1.59. The molecule has 0 saturated carbocycles. The molecule has 100 valence electrons. The standard InChI is InChI=1S/C14H11N3O2S/c1-19-10-6-4-9(5-7-10)12-14(18)15-13(17-16-12)11-3-2-8-20-11/h2-8H,1H3,(H,15,17,18). The van der Waals surface area contributed by atoms with E-state index in [9.17, 15) is 4.79 Å². The highest BCUT2D eigenvalue weighted by atomic mass is 32.1. The van der Waals surface area contributed by atoms with Crippen LogP contribution >= 0.6 is 11.3 Å². The molecule has 6 heteroatoms. The third-order valence-corrected chi connectivity index (χ3v) is 3.69. The zero-order valence-electron chi connectivity index (χ0n) is 10.7. The molecule has 5 nitrogen and oxygen atoms in total. The van der Waals surface area contributed by atoms with E-state index in [0.29, 0.717) is 17.1 Å². The summed E-state index contributed by atoms with van der Waals surface area (Å²) in [5.41, 5.74) is 0.749. The van der Waals surface area contributed by atoms with Gasteiger partial charge in [-0.15, -0.1) is 21.5 Å². The molecule has 3 aromatic rings. The highest BCUT2D eigenvalue weighted by Crippen LogP contribution is 2.21. The van der Waals surface area contributed by atoms with Crippen LogP contribution in [0.1, 0.15) is 0 Å². The van der Waals surface area contributed by atoms with Crippen molar-refractivity contribution in [2.45, 2.75) is 0 Å². The first kappa shape index (κ1) is 12.6. The second-order valence-corrected chi connectivity index (χ2v) is 5.00. The number of benzene rings is 1. The maximum atomic E-state index is 12.1. The van der Waals surface area contributed by atoms with Gasteiger partial charge in [0.2, 0.25) is 0 Å². The average molecular weight is 285 g/mol. The van der Waals surface area contributed by atoms with Gasteiger partial charge in [-0.1, -0.05) is 6.07 Å². The van der Waals surface area contributed by atoms with Crippen LogP contribution in [-0.2, 0) is 0 Å². The molecule has 0 spiro atoms. The lowest BCUT2D eigenvalue weighted by molar-refractivity contribution is 0.415. The van der Waals surface area contributed by atoms with Gasteiger partial charge in [-0.2, -0.15) is 0 Å². The SMILES string of the molecule is COc1ccc(-c2nnc(-c3cccs3)[nH]c2=O)cc1. The molecule has 0 unspecified atom stereocenters. The molecule has 3 rings (SSSR count). The van der Waals surface area contributed by atoms with E-state index < -0.39 is 0 Å². The topological polar surface area (TPSA) is 67.9 Å². The summed E-state index contributed by atoms with van der Waals surface area (Å²) in [6, 6.07) is 10.9. The van der Waals surface area contributed by atoms with Crippen molar-refractivity contribution in [3.05, 3.63) is 52.1 Å². The van der Waals surface area contributed by atoms with Crippen molar-refractivity contribution in [1.29, 1.82) is 0 Å². The number of methoxy groups -OCH3 is 1. The van der Waals surface area contributed by atoms with Gasteiger partial charge in [0.15, 0.2) is 11.5 Å². The van der Waals surface area contributed by atoms with E-state index in [-0.39, 0.29) is 5.56 Å². The van der Waals surface area contributed by atoms with Crippen LogP contribution in [-0.4, -0.2) is 22.3 Å². The Bertz CT molecular complexity index is 764. The lowest BCUT2D eigenvalue weighted by Gasteiger charge is -2.02. The molecular formula is C14H11N3O2S. The predicted molar refractivity (Wildman–Crippen MR) is 78.0 cm³/mol. The smallest absolute Gasteiger partial charge is 0.278 e. The lowest BCUT2D eigenvalue weighted by Crippen LogP contribution is -2.14. The van der Waals surface area contributed by atoms with Gasteiger partial charge >= 0.3 is 0 Å². The van der Waals surface area contributed by atoms with Gasteiger partial charge in [0, 0.05) is 5.56 Å². The molecule has 0 aliphatic rings. The number of nitrogens with one attached hydrogen (secondary N) is 1. The fourth-order valence-electron chi connectivity index (χ4n) is 1.80. The van der Waals surface area contributed by atoms with Gasteiger partial charge in [-0.3, -0.25) is 4.79 Å². The van der Waals surface area contributed by atoms with Crippen molar-refractivity contribution in [3.63, 3.8) is 0 Å². The van der Waals surface area contributed by atoms with E-state index in [4.69, 9.17) is 4.74 Å². The zero-order chi connectivity index (χ0) is 13.9. The largest absolute Gasteiger partial charge is 0.497 e. The number of ether oxygens (including phenoxy) is 1. The summed E-state index contributed by atoms with van der Waals surface area (Å²) >= 11 is 1.50. The highest BCUT2D eigenvalue weighted by Gasteiger charge is 2.09. The van der Waals surface area contributed by atoms with Crippen molar-refractivity contribution in [2.75, 3.05) is 7.11 Å². The third-order valence-electron chi connectivity index (χ3n) is 2.82.